The summed E-state index contributed by atoms with van der Waals surface area (Å²) in [4.78, 5) is 18.7. The van der Waals surface area contributed by atoms with Crippen molar-refractivity contribution < 1.29 is 4.79 Å². The number of amides is 2. The summed E-state index contributed by atoms with van der Waals surface area (Å²) in [5.74, 6) is 0.907. The van der Waals surface area contributed by atoms with E-state index in [1.165, 1.54) is 12.8 Å². The van der Waals surface area contributed by atoms with Crippen LogP contribution in [0.3, 0.4) is 0 Å². The first-order chi connectivity index (χ1) is 12.1. The van der Waals surface area contributed by atoms with Gasteiger partial charge in [0, 0.05) is 26.3 Å². The van der Waals surface area contributed by atoms with Crippen LogP contribution < -0.4 is 5.32 Å². The lowest BCUT2D eigenvalue weighted by molar-refractivity contribution is 0.205. The van der Waals surface area contributed by atoms with E-state index in [1.54, 1.807) is 29.9 Å². The fourth-order valence-corrected chi connectivity index (χ4v) is 3.03. The van der Waals surface area contributed by atoms with Crippen molar-refractivity contribution in [1.82, 2.24) is 34.8 Å². The maximum Gasteiger partial charge on any atom is 0.317 e. The third-order valence-corrected chi connectivity index (χ3v) is 4.37. The molecule has 2 aromatic heterocycles. The van der Waals surface area contributed by atoms with Crippen molar-refractivity contribution >= 4 is 17.1 Å². The SMILES string of the molecule is CN(Cc1cn(C)nn1)C(=O)NCc1nc2ccccc2n1C1CC1. The van der Waals surface area contributed by atoms with E-state index >= 15 is 0 Å². The fourth-order valence-electron chi connectivity index (χ4n) is 3.03. The number of fused-ring (bicyclic) bond motifs is 1. The van der Waals surface area contributed by atoms with Crippen LogP contribution in [-0.4, -0.2) is 42.5 Å². The van der Waals surface area contributed by atoms with Crippen LogP contribution in [0.5, 0.6) is 0 Å². The van der Waals surface area contributed by atoms with Crippen molar-refractivity contribution in [2.24, 2.45) is 7.05 Å². The molecule has 0 bridgehead atoms. The van der Waals surface area contributed by atoms with Gasteiger partial charge in [-0.25, -0.2) is 9.78 Å². The van der Waals surface area contributed by atoms with Gasteiger partial charge in [-0.3, -0.25) is 4.68 Å². The van der Waals surface area contributed by atoms with E-state index in [9.17, 15) is 4.79 Å². The molecule has 8 heteroatoms. The molecular formula is C17H21N7O. The zero-order chi connectivity index (χ0) is 17.4. The average molecular weight is 339 g/mol. The van der Waals surface area contributed by atoms with Crippen molar-refractivity contribution in [3.63, 3.8) is 0 Å². The van der Waals surface area contributed by atoms with Crippen molar-refractivity contribution in [1.29, 1.82) is 0 Å². The van der Waals surface area contributed by atoms with Gasteiger partial charge in [-0.15, -0.1) is 5.10 Å². The predicted molar refractivity (Wildman–Crippen MR) is 92.7 cm³/mol. The Labute approximate surface area is 145 Å². The molecule has 1 aromatic carbocycles. The lowest BCUT2D eigenvalue weighted by Gasteiger charge is -2.16. The van der Waals surface area contributed by atoms with E-state index < -0.39 is 0 Å². The summed E-state index contributed by atoms with van der Waals surface area (Å²) >= 11 is 0. The number of aromatic nitrogens is 5. The van der Waals surface area contributed by atoms with E-state index in [0.717, 1.165) is 22.6 Å². The van der Waals surface area contributed by atoms with E-state index in [0.29, 0.717) is 19.1 Å². The van der Waals surface area contributed by atoms with Gasteiger partial charge in [-0.2, -0.15) is 0 Å². The van der Waals surface area contributed by atoms with E-state index in [-0.39, 0.29) is 6.03 Å². The lowest BCUT2D eigenvalue weighted by atomic mass is 10.3. The maximum absolute atomic E-state index is 12.4. The fraction of sp³-hybridized carbons (Fsp3) is 0.412. The Bertz CT molecular complexity index is 909. The molecule has 0 radical (unpaired) electrons. The Hall–Kier alpha value is -2.90. The van der Waals surface area contributed by atoms with Gasteiger partial charge >= 0.3 is 6.03 Å². The van der Waals surface area contributed by atoms with E-state index in [1.807, 2.05) is 18.2 Å². The van der Waals surface area contributed by atoms with Gasteiger partial charge in [0.25, 0.3) is 0 Å². The molecule has 1 aliphatic rings. The highest BCUT2D eigenvalue weighted by atomic mass is 16.2. The van der Waals surface area contributed by atoms with Crippen molar-refractivity contribution in [2.45, 2.75) is 32.0 Å². The molecule has 0 atom stereocenters. The molecule has 1 N–H and O–H groups in total. The molecule has 1 saturated carbocycles. The monoisotopic (exact) mass is 339 g/mol. The highest BCUT2D eigenvalue weighted by Gasteiger charge is 2.28. The number of rotatable bonds is 5. The number of hydrogen-bond donors (Lipinski definition) is 1. The molecule has 130 valence electrons. The summed E-state index contributed by atoms with van der Waals surface area (Å²) in [6.45, 7) is 0.827. The number of imidazole rings is 1. The number of nitrogens with zero attached hydrogens (tertiary/aromatic N) is 6. The molecule has 2 heterocycles. The van der Waals surface area contributed by atoms with Gasteiger partial charge in [-0.05, 0) is 25.0 Å². The Morgan fingerprint density at radius 2 is 2.16 bits per heavy atom. The van der Waals surface area contributed by atoms with Crippen LogP contribution in [0.25, 0.3) is 11.0 Å². The molecule has 0 unspecified atom stereocenters. The second kappa shape index (κ2) is 6.19. The third-order valence-electron chi connectivity index (χ3n) is 4.37. The van der Waals surface area contributed by atoms with Crippen molar-refractivity contribution in [3.8, 4) is 0 Å². The highest BCUT2D eigenvalue weighted by Crippen LogP contribution is 2.38. The van der Waals surface area contributed by atoms with Gasteiger partial charge in [-0.1, -0.05) is 17.3 Å². The summed E-state index contributed by atoms with van der Waals surface area (Å²) in [6.07, 6.45) is 4.15. The topological polar surface area (TPSA) is 80.9 Å². The second-order valence-electron chi connectivity index (χ2n) is 6.52. The van der Waals surface area contributed by atoms with E-state index in [4.69, 9.17) is 4.98 Å². The standard InChI is InChI=1S/C17H21N7O/c1-22(10-12-11-23(2)21-20-12)17(25)18-9-16-19-14-5-3-4-6-15(14)24(16)13-7-8-13/h3-6,11,13H,7-10H2,1-2H3,(H,18,25). The molecule has 0 spiro atoms. The van der Waals surface area contributed by atoms with Crippen molar-refractivity contribution in [2.75, 3.05) is 7.05 Å². The van der Waals surface area contributed by atoms with Crippen LogP contribution in [0.15, 0.2) is 30.5 Å². The molecule has 0 saturated heterocycles. The Balaban J connectivity index is 1.45. The number of urea groups is 1. The number of aryl methyl sites for hydroxylation is 1. The van der Waals surface area contributed by atoms with Crippen LogP contribution in [0, 0.1) is 0 Å². The van der Waals surface area contributed by atoms with Gasteiger partial charge in [0.1, 0.15) is 11.5 Å². The van der Waals surface area contributed by atoms with Crippen LogP contribution in [0.4, 0.5) is 4.79 Å². The summed E-state index contributed by atoms with van der Waals surface area (Å²) in [5.41, 5.74) is 2.87. The minimum Gasteiger partial charge on any atom is -0.331 e. The maximum atomic E-state index is 12.4. The van der Waals surface area contributed by atoms with Gasteiger partial charge in [0.05, 0.1) is 24.1 Å². The minimum absolute atomic E-state index is 0.153. The van der Waals surface area contributed by atoms with Crippen molar-refractivity contribution in [3.05, 3.63) is 42.0 Å². The summed E-state index contributed by atoms with van der Waals surface area (Å²) in [7, 11) is 3.55. The Kier molecular flexibility index (Phi) is 3.87. The molecule has 25 heavy (non-hydrogen) atoms. The summed E-state index contributed by atoms with van der Waals surface area (Å²) in [6, 6.07) is 8.48. The third kappa shape index (κ3) is 3.19. The molecule has 8 nitrogen and oxygen atoms in total. The van der Waals surface area contributed by atoms with Crippen LogP contribution in [-0.2, 0) is 20.1 Å². The molecule has 1 aliphatic carbocycles. The number of carbonyl (C=O) groups is 1. The van der Waals surface area contributed by atoms with E-state index in [2.05, 4.69) is 26.3 Å². The molecule has 4 rings (SSSR count). The first kappa shape index (κ1) is 15.6. The number of benzene rings is 1. The molecule has 0 aliphatic heterocycles. The van der Waals surface area contributed by atoms with Crippen LogP contribution >= 0.6 is 0 Å². The first-order valence-corrected chi connectivity index (χ1v) is 8.42. The molecule has 2 amide bonds. The Morgan fingerprint density at radius 1 is 1.36 bits per heavy atom. The van der Waals surface area contributed by atoms with Gasteiger partial charge in [0.2, 0.25) is 0 Å². The average Bonchev–Trinajstić information content (AvgIpc) is 3.25. The van der Waals surface area contributed by atoms with Gasteiger partial charge < -0.3 is 14.8 Å². The normalized spacial score (nSPS) is 14.0. The quantitative estimate of drug-likeness (QED) is 0.769. The Morgan fingerprint density at radius 3 is 2.88 bits per heavy atom. The highest BCUT2D eigenvalue weighted by molar-refractivity contribution is 5.77. The number of para-hydroxylation sites is 2. The zero-order valence-corrected chi connectivity index (χ0v) is 14.4. The zero-order valence-electron chi connectivity index (χ0n) is 14.4. The van der Waals surface area contributed by atoms with Crippen LogP contribution in [0.2, 0.25) is 0 Å². The summed E-state index contributed by atoms with van der Waals surface area (Å²) in [5, 5.41) is 10.8. The van der Waals surface area contributed by atoms with Gasteiger partial charge in [0.15, 0.2) is 0 Å². The minimum atomic E-state index is -0.153. The largest absolute Gasteiger partial charge is 0.331 e. The first-order valence-electron chi connectivity index (χ1n) is 8.42. The molecular weight excluding hydrogens is 318 g/mol. The molecule has 3 aromatic rings. The number of nitrogens with one attached hydrogen (secondary N) is 1. The number of hydrogen-bond acceptors (Lipinski definition) is 4. The summed E-state index contributed by atoms with van der Waals surface area (Å²) < 4.78 is 3.89. The second-order valence-corrected chi connectivity index (χ2v) is 6.52. The predicted octanol–water partition coefficient (Wildman–Crippen LogP) is 1.84. The lowest BCUT2D eigenvalue weighted by Crippen LogP contribution is -2.37. The number of carbonyl (C=O) groups excluding carboxylic acids is 1. The van der Waals surface area contributed by atoms with Crippen LogP contribution in [0.1, 0.15) is 30.4 Å². The smallest absolute Gasteiger partial charge is 0.317 e. The molecule has 1 fully saturated rings.